The highest BCUT2D eigenvalue weighted by Gasteiger charge is 2.22. The zero-order valence-corrected chi connectivity index (χ0v) is 15.1. The van der Waals surface area contributed by atoms with E-state index in [-0.39, 0.29) is 6.10 Å². The molecule has 0 saturated carbocycles. The van der Waals surface area contributed by atoms with Crippen LogP contribution in [-0.2, 0) is 0 Å². The monoisotopic (exact) mass is 328 g/mol. The maximum absolute atomic E-state index is 7.73. The minimum Gasteiger partial charge on any atom is -0.490 e. The van der Waals surface area contributed by atoms with Gasteiger partial charge >= 0.3 is 0 Å². The summed E-state index contributed by atoms with van der Waals surface area (Å²) in [4.78, 5) is 10.4. The van der Waals surface area contributed by atoms with Crippen molar-refractivity contribution >= 4 is 16.9 Å². The Bertz CT molecular complexity index is 728. The maximum Gasteiger partial charge on any atom is 0.124 e. The van der Waals surface area contributed by atoms with Gasteiger partial charge in [0.1, 0.15) is 17.7 Å². The number of likely N-dealkylation sites (tertiary alicyclic amines) is 1. The highest BCUT2D eigenvalue weighted by molar-refractivity contribution is 5.81. The van der Waals surface area contributed by atoms with Crippen molar-refractivity contribution in [1.29, 1.82) is 5.41 Å². The predicted octanol–water partition coefficient (Wildman–Crippen LogP) is 4.23. The Morgan fingerprint density at radius 3 is 2.75 bits per heavy atom. The van der Waals surface area contributed by atoms with E-state index in [0.717, 1.165) is 60.5 Å². The first-order valence-corrected chi connectivity index (χ1v) is 8.95. The molecular weight excluding hydrogens is 300 g/mol. The Morgan fingerprint density at radius 1 is 1.42 bits per heavy atom. The number of fused-ring (bicyclic) bond motifs is 1. The van der Waals surface area contributed by atoms with Crippen LogP contribution in [0.4, 0.5) is 0 Å². The highest BCUT2D eigenvalue weighted by atomic mass is 16.5. The molecule has 24 heavy (non-hydrogen) atoms. The Hall–Kier alpha value is -2.04. The average molecular weight is 328 g/mol. The maximum atomic E-state index is 7.73. The number of benzene rings is 1. The van der Waals surface area contributed by atoms with Crippen LogP contribution in [0, 0.1) is 12.3 Å². The molecule has 1 aromatic carbocycles. The Labute approximate surface area is 143 Å². The van der Waals surface area contributed by atoms with E-state index in [1.165, 1.54) is 0 Å². The summed E-state index contributed by atoms with van der Waals surface area (Å²) in [6, 6.07) is 4.14. The fourth-order valence-corrected chi connectivity index (χ4v) is 3.26. The first-order chi connectivity index (χ1) is 11.5. The quantitative estimate of drug-likeness (QED) is 0.652. The molecule has 5 heteroatoms. The van der Waals surface area contributed by atoms with Crippen LogP contribution in [0.25, 0.3) is 11.0 Å². The van der Waals surface area contributed by atoms with E-state index in [4.69, 9.17) is 15.1 Å². The molecule has 1 aromatic heterocycles. The van der Waals surface area contributed by atoms with Crippen molar-refractivity contribution in [3.8, 4) is 5.75 Å². The number of hydrogen-bond donors (Lipinski definition) is 2. The number of amidine groups is 1. The minimum atomic E-state index is 0.227. The van der Waals surface area contributed by atoms with Crippen LogP contribution in [0.15, 0.2) is 12.1 Å². The molecule has 1 saturated heterocycles. The third-order valence-electron chi connectivity index (χ3n) is 5.17. The number of rotatable bonds is 4. The Kier molecular flexibility index (Phi) is 4.78. The van der Waals surface area contributed by atoms with Gasteiger partial charge in [0.15, 0.2) is 0 Å². The van der Waals surface area contributed by atoms with Crippen molar-refractivity contribution in [1.82, 2.24) is 14.9 Å². The molecule has 1 aliphatic heterocycles. The fraction of sp³-hybridized carbons (Fsp3) is 0.579. The molecular formula is C19H28N4O. The molecule has 1 atom stereocenters. The number of hydrogen-bond acceptors (Lipinski definition) is 3. The Balaban J connectivity index is 1.76. The van der Waals surface area contributed by atoms with Crippen molar-refractivity contribution in [2.45, 2.75) is 59.0 Å². The lowest BCUT2D eigenvalue weighted by Gasteiger charge is -2.33. The standard InChI is InChI=1S/C19H28N4O/c1-5-12(2)19-21-16-6-7-17(13(3)18(16)22-19)24-15-8-10-23(11-9-15)14(4)20/h6-7,12,15,20H,5,8-11H2,1-4H3,(H,21,22). The van der Waals surface area contributed by atoms with Crippen LogP contribution in [-0.4, -0.2) is 39.9 Å². The van der Waals surface area contributed by atoms with Gasteiger partial charge in [0, 0.05) is 37.4 Å². The molecule has 3 rings (SSSR count). The van der Waals surface area contributed by atoms with Gasteiger partial charge in [0.2, 0.25) is 0 Å². The molecule has 1 aliphatic rings. The summed E-state index contributed by atoms with van der Waals surface area (Å²) in [5, 5.41) is 7.73. The topological polar surface area (TPSA) is 65.0 Å². The van der Waals surface area contributed by atoms with Gasteiger partial charge in [-0.1, -0.05) is 13.8 Å². The van der Waals surface area contributed by atoms with Crippen LogP contribution >= 0.6 is 0 Å². The van der Waals surface area contributed by atoms with Gasteiger partial charge in [0.05, 0.1) is 16.9 Å². The molecule has 0 aliphatic carbocycles. The van der Waals surface area contributed by atoms with Crippen molar-refractivity contribution in [3.05, 3.63) is 23.5 Å². The zero-order valence-electron chi connectivity index (χ0n) is 15.1. The van der Waals surface area contributed by atoms with Crippen molar-refractivity contribution in [2.24, 2.45) is 0 Å². The normalized spacial score (nSPS) is 17.2. The van der Waals surface area contributed by atoms with Crippen LogP contribution < -0.4 is 4.74 Å². The number of H-pyrrole nitrogens is 1. The van der Waals surface area contributed by atoms with Crippen LogP contribution in [0.2, 0.25) is 0 Å². The summed E-state index contributed by atoms with van der Waals surface area (Å²) in [6.07, 6.45) is 3.23. The van der Waals surface area contributed by atoms with Gasteiger partial charge in [-0.25, -0.2) is 4.98 Å². The molecule has 0 spiro atoms. The SMILES string of the molecule is CCC(C)c1nc2c(C)c(OC3CCN(C(C)=N)CC3)ccc2[nH]1. The fourth-order valence-electron chi connectivity index (χ4n) is 3.26. The van der Waals surface area contributed by atoms with Crippen molar-refractivity contribution < 1.29 is 4.74 Å². The summed E-state index contributed by atoms with van der Waals surface area (Å²) in [7, 11) is 0. The number of aromatic nitrogens is 2. The van der Waals surface area contributed by atoms with Crippen LogP contribution in [0.5, 0.6) is 5.75 Å². The van der Waals surface area contributed by atoms with Gasteiger partial charge in [-0.2, -0.15) is 0 Å². The number of aryl methyl sites for hydroxylation is 1. The van der Waals surface area contributed by atoms with Gasteiger partial charge in [-0.3, -0.25) is 5.41 Å². The van der Waals surface area contributed by atoms with Crippen LogP contribution in [0.3, 0.4) is 0 Å². The Morgan fingerprint density at radius 2 is 2.12 bits per heavy atom. The molecule has 130 valence electrons. The first kappa shape index (κ1) is 16.8. The summed E-state index contributed by atoms with van der Waals surface area (Å²) in [5.41, 5.74) is 3.23. The zero-order chi connectivity index (χ0) is 17.3. The van der Waals surface area contributed by atoms with Gasteiger partial charge < -0.3 is 14.6 Å². The van der Waals surface area contributed by atoms with Crippen molar-refractivity contribution in [2.75, 3.05) is 13.1 Å². The number of aromatic amines is 1. The van der Waals surface area contributed by atoms with E-state index >= 15 is 0 Å². The molecule has 0 bridgehead atoms. The number of ether oxygens (including phenoxy) is 1. The van der Waals surface area contributed by atoms with E-state index in [9.17, 15) is 0 Å². The third kappa shape index (κ3) is 3.25. The summed E-state index contributed by atoms with van der Waals surface area (Å²) in [5.74, 6) is 3.09. The predicted molar refractivity (Wildman–Crippen MR) is 98.2 cm³/mol. The van der Waals surface area contributed by atoms with Gasteiger partial charge in [-0.15, -0.1) is 0 Å². The summed E-state index contributed by atoms with van der Waals surface area (Å²) >= 11 is 0. The molecule has 2 aromatic rings. The first-order valence-electron chi connectivity index (χ1n) is 8.95. The third-order valence-corrected chi connectivity index (χ3v) is 5.17. The van der Waals surface area contributed by atoms with E-state index in [1.807, 2.05) is 6.92 Å². The van der Waals surface area contributed by atoms with E-state index in [1.54, 1.807) is 0 Å². The molecule has 1 unspecified atom stereocenters. The number of nitrogens with one attached hydrogen (secondary N) is 2. The summed E-state index contributed by atoms with van der Waals surface area (Å²) < 4.78 is 6.27. The van der Waals surface area contributed by atoms with Gasteiger partial charge in [0.25, 0.3) is 0 Å². The smallest absolute Gasteiger partial charge is 0.124 e. The molecule has 0 amide bonds. The molecule has 2 heterocycles. The van der Waals surface area contributed by atoms with E-state index in [2.05, 4.69) is 42.8 Å². The second-order valence-electron chi connectivity index (χ2n) is 6.91. The molecule has 5 nitrogen and oxygen atoms in total. The van der Waals surface area contributed by atoms with Crippen LogP contribution in [0.1, 0.15) is 57.3 Å². The lowest BCUT2D eigenvalue weighted by Crippen LogP contribution is -2.40. The number of imidazole rings is 1. The number of piperidine rings is 1. The largest absolute Gasteiger partial charge is 0.490 e. The second-order valence-corrected chi connectivity index (χ2v) is 6.91. The van der Waals surface area contributed by atoms with E-state index in [0.29, 0.717) is 11.8 Å². The lowest BCUT2D eigenvalue weighted by molar-refractivity contribution is 0.130. The average Bonchev–Trinajstić information content (AvgIpc) is 3.02. The minimum absolute atomic E-state index is 0.227. The number of nitrogens with zero attached hydrogens (tertiary/aromatic N) is 2. The van der Waals surface area contributed by atoms with Crippen molar-refractivity contribution in [3.63, 3.8) is 0 Å². The second kappa shape index (κ2) is 6.83. The van der Waals surface area contributed by atoms with Gasteiger partial charge in [-0.05, 0) is 32.4 Å². The molecule has 0 radical (unpaired) electrons. The molecule has 1 fully saturated rings. The summed E-state index contributed by atoms with van der Waals surface area (Å²) in [6.45, 7) is 10.1. The van der Waals surface area contributed by atoms with E-state index < -0.39 is 0 Å². The highest BCUT2D eigenvalue weighted by Crippen LogP contribution is 2.30. The molecule has 2 N–H and O–H groups in total. The lowest BCUT2D eigenvalue weighted by atomic mass is 10.1.